The van der Waals surface area contributed by atoms with Crippen LogP contribution < -0.4 is 16.4 Å². The molecule has 5 rings (SSSR count). The lowest BCUT2D eigenvalue weighted by atomic mass is 9.74. The van der Waals surface area contributed by atoms with Gasteiger partial charge in [0, 0.05) is 36.7 Å². The van der Waals surface area contributed by atoms with Crippen LogP contribution in [0.4, 0.5) is 18.9 Å². The smallest absolute Gasteiger partial charge is 0.214 e. The summed E-state index contributed by atoms with van der Waals surface area (Å²) in [7, 11) is -3.44. The first-order chi connectivity index (χ1) is 20.4. The lowest BCUT2D eigenvalue weighted by Gasteiger charge is -2.41. The number of nitrogens with zero attached hydrogens (tertiary/aromatic N) is 1. The van der Waals surface area contributed by atoms with Gasteiger partial charge in [0.25, 0.3) is 0 Å². The summed E-state index contributed by atoms with van der Waals surface area (Å²) in [4.78, 5) is 0. The van der Waals surface area contributed by atoms with Crippen LogP contribution in [0.25, 0.3) is 0 Å². The predicted molar refractivity (Wildman–Crippen MR) is 159 cm³/mol. The zero-order chi connectivity index (χ0) is 30.9. The highest BCUT2D eigenvalue weighted by atomic mass is 32.2. The van der Waals surface area contributed by atoms with Crippen molar-refractivity contribution in [1.82, 2.24) is 9.62 Å². The number of nitrogens with two attached hydrogens (primary N) is 1. The molecular weight excluding hydrogens is 581 g/mol. The minimum absolute atomic E-state index is 0.00862. The molecule has 238 valence electrons. The minimum Gasteiger partial charge on any atom is -0.376 e. The van der Waals surface area contributed by atoms with E-state index >= 15 is 8.78 Å². The molecule has 0 amide bonds. The van der Waals surface area contributed by atoms with Crippen LogP contribution in [0.3, 0.4) is 0 Å². The number of hydrogen-bond acceptors (Lipinski definition) is 7. The molecule has 3 saturated heterocycles. The Morgan fingerprint density at radius 1 is 1.09 bits per heavy atom. The van der Waals surface area contributed by atoms with Crippen molar-refractivity contribution in [2.45, 2.75) is 94.9 Å². The van der Waals surface area contributed by atoms with Gasteiger partial charge in [-0.05, 0) is 88.1 Å². The summed E-state index contributed by atoms with van der Waals surface area (Å²) in [5.41, 5.74) is 7.25. The predicted octanol–water partition coefficient (Wildman–Crippen LogP) is 3.85. The molecule has 0 aliphatic carbocycles. The summed E-state index contributed by atoms with van der Waals surface area (Å²) in [6.45, 7) is 4.74. The van der Waals surface area contributed by atoms with Gasteiger partial charge >= 0.3 is 0 Å². The van der Waals surface area contributed by atoms with E-state index in [-0.39, 0.29) is 54.0 Å². The van der Waals surface area contributed by atoms with E-state index < -0.39 is 51.7 Å². The van der Waals surface area contributed by atoms with Gasteiger partial charge in [-0.2, -0.15) is 4.31 Å². The van der Waals surface area contributed by atoms with Crippen LogP contribution in [-0.4, -0.2) is 73.2 Å². The van der Waals surface area contributed by atoms with Crippen LogP contribution in [0, 0.1) is 23.4 Å². The monoisotopic (exact) mass is 624 g/mol. The molecule has 3 aliphatic rings. The number of sulfonamides is 1. The molecule has 3 fully saturated rings. The fourth-order valence-corrected chi connectivity index (χ4v) is 9.04. The standard InChI is InChI=1S/C31H43F3N4O4S/c1-18-14-21(15-19(2)42-18)28(20-5-7-22(32)8-6-20)29(35)31(39)37-30-25(26(33)11-12-27(30)34)10-9-24-16-36-23-4-3-13-43(40,41)38(24)17-23/h5-8,11-12,18-19,21,23-24,28-29,31,36-37,39H,3-4,9-10,13-17,35H2,1-2H3/t18-,19+,21?,23-,24+,28+,29+,31?/m1/s1. The molecule has 2 aromatic carbocycles. The van der Waals surface area contributed by atoms with Gasteiger partial charge in [-0.15, -0.1) is 0 Å². The van der Waals surface area contributed by atoms with Crippen LogP contribution in [0.15, 0.2) is 36.4 Å². The molecule has 0 aromatic heterocycles. The average molecular weight is 625 g/mol. The van der Waals surface area contributed by atoms with E-state index in [4.69, 9.17) is 10.5 Å². The van der Waals surface area contributed by atoms with E-state index in [0.29, 0.717) is 32.4 Å². The fourth-order valence-electron chi connectivity index (χ4n) is 7.23. The second-order valence-electron chi connectivity index (χ2n) is 12.4. The van der Waals surface area contributed by atoms with Crippen molar-refractivity contribution >= 4 is 15.7 Å². The first-order valence-electron chi connectivity index (χ1n) is 15.2. The number of fused-ring (bicyclic) bond motifs is 2. The van der Waals surface area contributed by atoms with Crippen LogP contribution in [0.5, 0.6) is 0 Å². The van der Waals surface area contributed by atoms with Crippen LogP contribution in [0.2, 0.25) is 0 Å². The van der Waals surface area contributed by atoms with E-state index in [1.807, 2.05) is 13.8 Å². The quantitative estimate of drug-likeness (QED) is 0.313. The number of benzene rings is 2. The van der Waals surface area contributed by atoms with Gasteiger partial charge in [0.2, 0.25) is 10.0 Å². The van der Waals surface area contributed by atoms with E-state index in [1.165, 1.54) is 16.4 Å². The zero-order valence-electron chi connectivity index (χ0n) is 24.7. The highest BCUT2D eigenvalue weighted by Gasteiger charge is 2.39. The summed E-state index contributed by atoms with van der Waals surface area (Å²) < 4.78 is 77.5. The third-order valence-electron chi connectivity index (χ3n) is 9.26. The number of aliphatic hydroxyl groups is 1. The molecule has 0 saturated carbocycles. The van der Waals surface area contributed by atoms with Crippen molar-refractivity contribution < 1.29 is 31.4 Å². The van der Waals surface area contributed by atoms with Gasteiger partial charge in [-0.25, -0.2) is 21.6 Å². The van der Waals surface area contributed by atoms with Crippen LogP contribution in [0.1, 0.15) is 63.0 Å². The maximum absolute atomic E-state index is 15.3. The normalized spacial score (nSPS) is 31.0. The molecule has 12 heteroatoms. The van der Waals surface area contributed by atoms with Gasteiger partial charge in [-0.3, -0.25) is 0 Å². The Kier molecular flexibility index (Phi) is 10.0. The van der Waals surface area contributed by atoms with E-state index in [0.717, 1.165) is 24.1 Å². The molecule has 2 aromatic rings. The van der Waals surface area contributed by atoms with Crippen molar-refractivity contribution in [3.63, 3.8) is 0 Å². The highest BCUT2D eigenvalue weighted by molar-refractivity contribution is 7.89. The Bertz CT molecular complexity index is 1360. The number of anilines is 1. The number of rotatable bonds is 9. The molecule has 3 aliphatic heterocycles. The highest BCUT2D eigenvalue weighted by Crippen LogP contribution is 2.39. The third kappa shape index (κ3) is 7.37. The van der Waals surface area contributed by atoms with Gasteiger partial charge < -0.3 is 26.2 Å². The number of piperazine rings is 1. The Hall–Kier alpha value is -2.22. The fraction of sp³-hybridized carbons (Fsp3) is 0.613. The van der Waals surface area contributed by atoms with Gasteiger partial charge in [0.05, 0.1) is 29.7 Å². The molecule has 3 unspecified atom stereocenters. The van der Waals surface area contributed by atoms with Crippen molar-refractivity contribution in [3.8, 4) is 0 Å². The summed E-state index contributed by atoms with van der Waals surface area (Å²) >= 11 is 0. The topological polar surface area (TPSA) is 117 Å². The Morgan fingerprint density at radius 2 is 1.77 bits per heavy atom. The van der Waals surface area contributed by atoms with E-state index in [2.05, 4.69) is 10.6 Å². The number of halogens is 3. The van der Waals surface area contributed by atoms with E-state index in [1.54, 1.807) is 12.1 Å². The molecule has 5 N–H and O–H groups in total. The minimum atomic E-state index is -3.44. The van der Waals surface area contributed by atoms with E-state index in [9.17, 15) is 17.9 Å². The van der Waals surface area contributed by atoms with Crippen molar-refractivity contribution in [1.29, 1.82) is 0 Å². The van der Waals surface area contributed by atoms with Crippen molar-refractivity contribution in [2.75, 3.05) is 24.2 Å². The molecular formula is C31H43F3N4O4S. The SMILES string of the molecule is C[C@@H]1CC([C@H](c2ccc(F)cc2)[C@H](N)C(O)Nc2c(F)ccc(F)c2CC[C@H]2CN[C@@H]3CCCS(=O)(=O)N2C3)C[C@H](C)O1. The van der Waals surface area contributed by atoms with Crippen molar-refractivity contribution in [3.05, 3.63) is 65.0 Å². The maximum atomic E-state index is 15.3. The maximum Gasteiger partial charge on any atom is 0.214 e. The lowest BCUT2D eigenvalue weighted by molar-refractivity contribution is -0.0608. The Morgan fingerprint density at radius 3 is 2.47 bits per heavy atom. The summed E-state index contributed by atoms with van der Waals surface area (Å²) in [5, 5.41) is 17.5. The lowest BCUT2D eigenvalue weighted by Crippen LogP contribution is -2.57. The summed E-state index contributed by atoms with van der Waals surface area (Å²) in [6.07, 6.45) is 1.46. The second kappa shape index (κ2) is 13.4. The number of aliphatic hydroxyl groups excluding tert-OH is 1. The summed E-state index contributed by atoms with van der Waals surface area (Å²) in [5.74, 6) is -2.17. The molecule has 43 heavy (non-hydrogen) atoms. The number of hydrogen-bond donors (Lipinski definition) is 4. The van der Waals surface area contributed by atoms with Crippen LogP contribution in [-0.2, 0) is 21.2 Å². The average Bonchev–Trinajstić information content (AvgIpc) is 3.07. The molecule has 3 heterocycles. The largest absolute Gasteiger partial charge is 0.376 e. The Balaban J connectivity index is 1.37. The number of nitrogens with one attached hydrogen (secondary N) is 2. The van der Waals surface area contributed by atoms with Gasteiger partial charge in [0.1, 0.15) is 23.7 Å². The summed E-state index contributed by atoms with van der Waals surface area (Å²) in [6, 6.07) is 6.74. The Labute approximate surface area is 252 Å². The second-order valence-corrected chi connectivity index (χ2v) is 14.5. The number of ether oxygens (including phenoxy) is 1. The van der Waals surface area contributed by atoms with Gasteiger partial charge in [-0.1, -0.05) is 12.1 Å². The molecule has 2 bridgehead atoms. The van der Waals surface area contributed by atoms with Crippen LogP contribution >= 0.6 is 0 Å². The molecule has 8 nitrogen and oxygen atoms in total. The molecule has 0 spiro atoms. The first-order valence-corrected chi connectivity index (χ1v) is 16.8. The third-order valence-corrected chi connectivity index (χ3v) is 11.2. The first kappa shape index (κ1) is 32.2. The van der Waals surface area contributed by atoms with Gasteiger partial charge in [0.15, 0.2) is 0 Å². The van der Waals surface area contributed by atoms with Crippen molar-refractivity contribution in [2.24, 2.45) is 11.7 Å². The zero-order valence-corrected chi connectivity index (χ0v) is 25.5. The molecule has 9 atom stereocenters. The molecule has 0 radical (unpaired) electrons.